The summed E-state index contributed by atoms with van der Waals surface area (Å²) in [4.78, 5) is 39.5. The van der Waals surface area contributed by atoms with Crippen molar-refractivity contribution >= 4 is 28.2 Å². The topological polar surface area (TPSA) is 82.3 Å². The van der Waals surface area contributed by atoms with Gasteiger partial charge in [0.1, 0.15) is 25.1 Å². The molecule has 45 heavy (non-hydrogen) atoms. The summed E-state index contributed by atoms with van der Waals surface area (Å²) in [6.07, 6.45) is 9.52. The Balaban J connectivity index is 1.31. The van der Waals surface area contributed by atoms with Crippen molar-refractivity contribution in [2.45, 2.75) is 57.8 Å². The quantitative estimate of drug-likeness (QED) is 0.249. The molecular formula is C34H41FN8O2. The van der Waals surface area contributed by atoms with Gasteiger partial charge in [0.2, 0.25) is 12.5 Å². The molecule has 1 aromatic carbocycles. The van der Waals surface area contributed by atoms with E-state index < -0.39 is 6.67 Å². The van der Waals surface area contributed by atoms with E-state index in [0.717, 1.165) is 41.1 Å². The molecule has 3 aromatic rings. The Bertz CT molecular complexity index is 1610. The summed E-state index contributed by atoms with van der Waals surface area (Å²) in [5.41, 5.74) is 4.28. The number of hydrogen-bond donors (Lipinski definition) is 0. The summed E-state index contributed by atoms with van der Waals surface area (Å²) < 4.78 is 19.0. The van der Waals surface area contributed by atoms with Crippen molar-refractivity contribution in [3.63, 3.8) is 0 Å². The van der Waals surface area contributed by atoms with Crippen LogP contribution in [-0.2, 0) is 17.8 Å². The van der Waals surface area contributed by atoms with Crippen LogP contribution in [0.3, 0.4) is 0 Å². The third-order valence-electron chi connectivity index (χ3n) is 9.32. The normalized spacial score (nSPS) is 19.2. The highest BCUT2D eigenvalue weighted by Gasteiger charge is 2.35. The number of aromatic nitrogens is 3. The van der Waals surface area contributed by atoms with Crippen LogP contribution in [0.15, 0.2) is 42.7 Å². The van der Waals surface area contributed by atoms with Crippen LogP contribution in [0.5, 0.6) is 6.01 Å². The predicted octanol–water partition coefficient (Wildman–Crippen LogP) is 4.22. The second-order valence-corrected chi connectivity index (χ2v) is 12.3. The molecule has 2 aliphatic heterocycles. The minimum atomic E-state index is -0.699. The lowest BCUT2D eigenvalue weighted by Gasteiger charge is -2.41. The van der Waals surface area contributed by atoms with Crippen molar-refractivity contribution in [1.29, 1.82) is 0 Å². The molecule has 2 aromatic heterocycles. The molecule has 11 heteroatoms. The van der Waals surface area contributed by atoms with Crippen molar-refractivity contribution in [3.05, 3.63) is 71.0 Å². The number of pyridine rings is 1. The summed E-state index contributed by atoms with van der Waals surface area (Å²) in [5.74, 6) is 0.546. The van der Waals surface area contributed by atoms with Gasteiger partial charge in [0.15, 0.2) is 0 Å². The number of rotatable bonds is 10. The Labute approximate surface area is 264 Å². The van der Waals surface area contributed by atoms with E-state index in [2.05, 4.69) is 63.6 Å². The average molecular weight is 613 g/mol. The highest BCUT2D eigenvalue weighted by Crippen LogP contribution is 2.35. The maximum absolute atomic E-state index is 12.8. The van der Waals surface area contributed by atoms with Gasteiger partial charge in [-0.15, -0.1) is 0 Å². The molecule has 0 N–H and O–H groups in total. The molecule has 1 amide bonds. The maximum atomic E-state index is 12.8. The first-order valence-corrected chi connectivity index (χ1v) is 15.8. The standard InChI is InChI=1S/C34H41FN8O2/c1-23-7-5-8-25-17-37-19-30(32(23)25)41-14-12-28-29(21-41)38-34(45-22-24(2)40(4)26-10-11-26)39-33(28)42-15-16-43(27(20-42)18-36-3)31(44)9-6-13-35/h5-9,17,19,24,26-27H,10-16,18,20-22H2,1-2,4H3/b9-6+/t24-,27+/m1/s1. The number of hydrogen-bond acceptors (Lipinski definition) is 8. The number of carbonyl (C=O) groups excluding carboxylic acids is 1. The summed E-state index contributed by atoms with van der Waals surface area (Å²) in [7, 11) is 2.14. The molecule has 1 saturated carbocycles. The lowest BCUT2D eigenvalue weighted by atomic mass is 10.0. The first-order chi connectivity index (χ1) is 21.9. The van der Waals surface area contributed by atoms with Gasteiger partial charge >= 0.3 is 6.01 Å². The first kappa shape index (κ1) is 30.7. The van der Waals surface area contributed by atoms with Crippen LogP contribution < -0.4 is 14.5 Å². The van der Waals surface area contributed by atoms with E-state index in [-0.39, 0.29) is 24.5 Å². The zero-order chi connectivity index (χ0) is 31.5. The largest absolute Gasteiger partial charge is 0.462 e. The zero-order valence-electron chi connectivity index (χ0n) is 26.3. The number of likely N-dealkylation sites (N-methyl/N-ethyl adjacent to an activating group) is 1. The van der Waals surface area contributed by atoms with E-state index in [9.17, 15) is 9.18 Å². The Kier molecular flexibility index (Phi) is 9.12. The van der Waals surface area contributed by atoms with Crippen molar-refractivity contribution < 1.29 is 13.9 Å². The van der Waals surface area contributed by atoms with Crippen LogP contribution >= 0.6 is 0 Å². The van der Waals surface area contributed by atoms with Gasteiger partial charge in [0, 0.05) is 66.9 Å². The predicted molar refractivity (Wildman–Crippen MR) is 173 cm³/mol. The van der Waals surface area contributed by atoms with E-state index >= 15 is 0 Å². The number of amides is 1. The van der Waals surface area contributed by atoms with Gasteiger partial charge < -0.3 is 24.3 Å². The first-order valence-electron chi connectivity index (χ1n) is 15.8. The van der Waals surface area contributed by atoms with E-state index in [0.29, 0.717) is 44.8 Å². The lowest BCUT2D eigenvalue weighted by Crippen LogP contribution is -2.56. The monoisotopic (exact) mass is 612 g/mol. The fourth-order valence-electron chi connectivity index (χ4n) is 6.56. The maximum Gasteiger partial charge on any atom is 0.318 e. The van der Waals surface area contributed by atoms with Gasteiger partial charge in [-0.25, -0.2) is 11.0 Å². The minimum absolute atomic E-state index is 0.161. The van der Waals surface area contributed by atoms with Gasteiger partial charge in [-0.2, -0.15) is 9.97 Å². The number of allylic oxidation sites excluding steroid dienone is 1. The number of piperazine rings is 1. The molecule has 0 unspecified atom stereocenters. The molecule has 0 spiro atoms. The third-order valence-corrected chi connectivity index (χ3v) is 9.32. The Hall–Kier alpha value is -4.30. The number of anilines is 2. The summed E-state index contributed by atoms with van der Waals surface area (Å²) >= 11 is 0. The van der Waals surface area contributed by atoms with Gasteiger partial charge in [-0.05, 0) is 51.8 Å². The molecule has 0 radical (unpaired) electrons. The second kappa shape index (κ2) is 13.4. The molecule has 6 rings (SSSR count). The highest BCUT2D eigenvalue weighted by molar-refractivity contribution is 5.96. The smallest absolute Gasteiger partial charge is 0.318 e. The van der Waals surface area contributed by atoms with Crippen LogP contribution in [0, 0.1) is 13.5 Å². The second-order valence-electron chi connectivity index (χ2n) is 12.3. The molecule has 236 valence electrons. The van der Waals surface area contributed by atoms with Crippen LogP contribution in [0.25, 0.3) is 15.6 Å². The van der Waals surface area contributed by atoms with Crippen LogP contribution in [0.2, 0.25) is 0 Å². The average Bonchev–Trinajstić information content (AvgIpc) is 3.91. The molecule has 3 aliphatic rings. The van der Waals surface area contributed by atoms with Crippen molar-refractivity contribution in [1.82, 2.24) is 24.8 Å². The van der Waals surface area contributed by atoms with Crippen LogP contribution in [0.1, 0.15) is 36.6 Å². The highest BCUT2D eigenvalue weighted by atomic mass is 19.1. The molecule has 10 nitrogen and oxygen atoms in total. The Morgan fingerprint density at radius 3 is 2.84 bits per heavy atom. The molecule has 2 fully saturated rings. The van der Waals surface area contributed by atoms with Crippen molar-refractivity contribution in [2.75, 3.05) is 62.9 Å². The van der Waals surface area contributed by atoms with Gasteiger partial charge in [-0.3, -0.25) is 14.7 Å². The van der Waals surface area contributed by atoms with E-state index in [1.165, 1.54) is 35.9 Å². The van der Waals surface area contributed by atoms with Gasteiger partial charge in [-0.1, -0.05) is 18.2 Å². The molecule has 4 heterocycles. The number of alkyl halides is 1. The number of fused-ring (bicyclic) bond motifs is 2. The lowest BCUT2D eigenvalue weighted by molar-refractivity contribution is -0.128. The number of ether oxygens (including phenoxy) is 1. The Morgan fingerprint density at radius 1 is 1.22 bits per heavy atom. The van der Waals surface area contributed by atoms with Crippen molar-refractivity contribution in [3.8, 4) is 6.01 Å². The molecule has 1 aliphatic carbocycles. The fourth-order valence-corrected chi connectivity index (χ4v) is 6.56. The van der Waals surface area contributed by atoms with E-state index in [1.54, 1.807) is 4.90 Å². The van der Waals surface area contributed by atoms with E-state index in [1.807, 2.05) is 12.4 Å². The van der Waals surface area contributed by atoms with Gasteiger partial charge in [0.05, 0.1) is 24.1 Å². The zero-order valence-corrected chi connectivity index (χ0v) is 26.3. The molecular weight excluding hydrogens is 571 g/mol. The molecule has 0 bridgehead atoms. The van der Waals surface area contributed by atoms with Gasteiger partial charge in [0.25, 0.3) is 0 Å². The minimum Gasteiger partial charge on any atom is -0.462 e. The fraction of sp³-hybridized carbons (Fsp3) is 0.500. The summed E-state index contributed by atoms with van der Waals surface area (Å²) in [5, 5.41) is 2.31. The van der Waals surface area contributed by atoms with Crippen LogP contribution in [-0.4, -0.2) is 102 Å². The molecule has 1 saturated heterocycles. The third kappa shape index (κ3) is 6.57. The number of nitrogens with zero attached hydrogens (tertiary/aromatic N) is 8. The number of halogens is 1. The number of aryl methyl sites for hydroxylation is 1. The van der Waals surface area contributed by atoms with Crippen LogP contribution in [0.4, 0.5) is 15.9 Å². The SMILES string of the molecule is [C-]#[N+]C[C@H]1CN(c2nc(OC[C@@H](C)N(C)C3CC3)nc3c2CCN(c2cncc4cccc(C)c24)C3)CCN1C(=O)/C=C/CF. The summed E-state index contributed by atoms with van der Waals surface area (Å²) in [6.45, 7) is 14.6. The van der Waals surface area contributed by atoms with Crippen molar-refractivity contribution in [2.24, 2.45) is 0 Å². The number of benzene rings is 1. The summed E-state index contributed by atoms with van der Waals surface area (Å²) in [6, 6.07) is 7.14. The number of carbonyl (C=O) groups is 1. The van der Waals surface area contributed by atoms with E-state index in [4.69, 9.17) is 21.3 Å². The molecule has 2 atom stereocenters. The Morgan fingerprint density at radius 2 is 2.07 bits per heavy atom.